The number of hydrogen-bond donors (Lipinski definition) is 0. The van der Waals surface area contributed by atoms with Crippen LogP contribution in [-0.2, 0) is 4.57 Å². The van der Waals surface area contributed by atoms with Crippen LogP contribution in [-0.4, -0.2) is 0 Å². The molecule has 5 rings (SSSR count). The summed E-state index contributed by atoms with van der Waals surface area (Å²) in [4.78, 5) is 0. The van der Waals surface area contributed by atoms with Gasteiger partial charge in [0.2, 0.25) is 0 Å². The molecule has 0 aliphatic carbocycles. The molecule has 5 aromatic carbocycles. The summed E-state index contributed by atoms with van der Waals surface area (Å²) >= 11 is 19.4. The summed E-state index contributed by atoms with van der Waals surface area (Å²) < 4.78 is 15.5. The Morgan fingerprint density at radius 3 is 1.68 bits per heavy atom. The van der Waals surface area contributed by atoms with Gasteiger partial charge in [-0.25, -0.2) is 0 Å². The molecule has 5 heteroatoms. The Labute approximate surface area is 232 Å². The minimum absolute atomic E-state index is 0.496. The molecular formula is C32H22Cl3OP. The average Bonchev–Trinajstić information content (AvgIpc) is 2.92. The molecule has 182 valence electrons. The lowest BCUT2D eigenvalue weighted by Gasteiger charge is -2.25. The molecular weight excluding hydrogens is 538 g/mol. The van der Waals surface area contributed by atoms with Crippen LogP contribution >= 0.6 is 41.9 Å². The maximum Gasteiger partial charge on any atom is 0.171 e. The third kappa shape index (κ3) is 5.47. The predicted octanol–water partition coefficient (Wildman–Crippen LogP) is 8.88. The fourth-order valence-corrected chi connectivity index (χ4v) is 8.14. The van der Waals surface area contributed by atoms with Crippen molar-refractivity contribution in [2.75, 3.05) is 0 Å². The fraction of sp³-hybridized carbons (Fsp3) is 0. The Hall–Kier alpha value is -3.06. The second-order valence-corrected chi connectivity index (χ2v) is 12.6. The predicted molar refractivity (Wildman–Crippen MR) is 161 cm³/mol. The molecule has 37 heavy (non-hydrogen) atoms. The monoisotopic (exact) mass is 558 g/mol. The number of rotatable bonds is 6. The Morgan fingerprint density at radius 2 is 1.11 bits per heavy atom. The first-order chi connectivity index (χ1) is 17.9. The van der Waals surface area contributed by atoms with Crippen molar-refractivity contribution < 1.29 is 4.57 Å². The average molecular weight is 560 g/mol. The van der Waals surface area contributed by atoms with Crippen molar-refractivity contribution in [1.29, 1.82) is 0 Å². The van der Waals surface area contributed by atoms with E-state index in [4.69, 9.17) is 34.8 Å². The highest BCUT2D eigenvalue weighted by Gasteiger charge is 2.33. The van der Waals surface area contributed by atoms with Gasteiger partial charge in [0, 0.05) is 31.0 Å². The summed E-state index contributed by atoms with van der Waals surface area (Å²) in [7, 11) is -3.47. The summed E-state index contributed by atoms with van der Waals surface area (Å²) in [5.41, 5.74) is 3.78. The highest BCUT2D eigenvalue weighted by molar-refractivity contribution is 7.85. The van der Waals surface area contributed by atoms with Crippen LogP contribution in [0.15, 0.2) is 127 Å². The molecule has 0 aliphatic rings. The smallest absolute Gasteiger partial charge is 0.171 e. The van der Waals surface area contributed by atoms with Crippen LogP contribution in [0.5, 0.6) is 0 Å². The van der Waals surface area contributed by atoms with E-state index >= 15 is 4.57 Å². The normalized spacial score (nSPS) is 11.9. The van der Waals surface area contributed by atoms with Crippen LogP contribution in [0.2, 0.25) is 15.1 Å². The van der Waals surface area contributed by atoms with Crippen LogP contribution in [0.1, 0.15) is 16.7 Å². The summed E-state index contributed by atoms with van der Waals surface area (Å²) in [5.74, 6) is 0. The van der Waals surface area contributed by atoms with Gasteiger partial charge < -0.3 is 4.57 Å². The lowest BCUT2D eigenvalue weighted by Crippen LogP contribution is -2.27. The highest BCUT2D eigenvalue weighted by Crippen LogP contribution is 2.46. The van der Waals surface area contributed by atoms with E-state index in [9.17, 15) is 0 Å². The van der Waals surface area contributed by atoms with Crippen molar-refractivity contribution in [3.8, 4) is 0 Å². The van der Waals surface area contributed by atoms with E-state index in [2.05, 4.69) is 18.2 Å². The molecule has 0 N–H and O–H groups in total. The first-order valence-electron chi connectivity index (χ1n) is 11.7. The molecule has 0 radical (unpaired) electrons. The number of benzene rings is 5. The lowest BCUT2D eigenvalue weighted by atomic mass is 9.95. The van der Waals surface area contributed by atoms with Gasteiger partial charge in [0.15, 0.2) is 7.14 Å². The van der Waals surface area contributed by atoms with Gasteiger partial charge in [0.25, 0.3) is 0 Å². The van der Waals surface area contributed by atoms with Crippen molar-refractivity contribution in [3.05, 3.63) is 159 Å². The van der Waals surface area contributed by atoms with E-state index in [1.807, 2.05) is 84.9 Å². The SMILES string of the molecule is O=P(c1cccc(Cl)c1)(c1cccc(Cl)c1)c1cc(Cl)ccc1/C(=C/c1ccccc1)c1ccccc1. The van der Waals surface area contributed by atoms with Crippen LogP contribution in [0.25, 0.3) is 11.6 Å². The lowest BCUT2D eigenvalue weighted by molar-refractivity contribution is 0.592. The van der Waals surface area contributed by atoms with Crippen LogP contribution in [0, 0.1) is 0 Å². The molecule has 0 fully saturated rings. The molecule has 0 bridgehead atoms. The topological polar surface area (TPSA) is 17.1 Å². The molecule has 0 saturated carbocycles. The maximum absolute atomic E-state index is 15.5. The molecule has 0 amide bonds. The van der Waals surface area contributed by atoms with Gasteiger partial charge in [0.1, 0.15) is 0 Å². The quantitative estimate of drug-likeness (QED) is 0.150. The third-order valence-electron chi connectivity index (χ3n) is 6.13. The van der Waals surface area contributed by atoms with Gasteiger partial charge in [-0.1, -0.05) is 126 Å². The van der Waals surface area contributed by atoms with Crippen LogP contribution in [0.3, 0.4) is 0 Å². The van der Waals surface area contributed by atoms with Crippen molar-refractivity contribution in [2.24, 2.45) is 0 Å². The molecule has 0 aromatic heterocycles. The Bertz CT molecular complexity index is 1580. The number of hydrogen-bond acceptors (Lipinski definition) is 1. The van der Waals surface area contributed by atoms with Crippen LogP contribution in [0.4, 0.5) is 0 Å². The Kier molecular flexibility index (Phi) is 7.70. The molecule has 0 spiro atoms. The van der Waals surface area contributed by atoms with Crippen LogP contribution < -0.4 is 15.9 Å². The number of halogens is 3. The summed E-state index contributed by atoms with van der Waals surface area (Å²) in [6, 6.07) is 40.2. The Balaban J connectivity index is 1.86. The minimum Gasteiger partial charge on any atom is -0.309 e. The van der Waals surface area contributed by atoms with Gasteiger partial charge in [-0.05, 0) is 64.7 Å². The molecule has 0 aliphatic heterocycles. The molecule has 1 nitrogen and oxygen atoms in total. The minimum atomic E-state index is -3.47. The molecule has 5 aromatic rings. The van der Waals surface area contributed by atoms with Gasteiger partial charge >= 0.3 is 0 Å². The zero-order valence-corrected chi connectivity index (χ0v) is 22.9. The second-order valence-electron chi connectivity index (χ2n) is 8.57. The van der Waals surface area contributed by atoms with Crippen molar-refractivity contribution in [3.63, 3.8) is 0 Å². The molecule has 0 saturated heterocycles. The van der Waals surface area contributed by atoms with Crippen molar-refractivity contribution >= 4 is 69.5 Å². The largest absolute Gasteiger partial charge is 0.309 e. The van der Waals surface area contributed by atoms with E-state index < -0.39 is 7.14 Å². The molecule has 0 heterocycles. The third-order valence-corrected chi connectivity index (χ3v) is 9.89. The fourth-order valence-electron chi connectivity index (χ4n) is 4.41. The van der Waals surface area contributed by atoms with E-state index in [1.54, 1.807) is 30.3 Å². The van der Waals surface area contributed by atoms with Gasteiger partial charge in [0.05, 0.1) is 0 Å². The summed E-state index contributed by atoms with van der Waals surface area (Å²) in [6.07, 6.45) is 2.11. The van der Waals surface area contributed by atoms with Crippen molar-refractivity contribution in [1.82, 2.24) is 0 Å². The second kappa shape index (κ2) is 11.1. The summed E-state index contributed by atoms with van der Waals surface area (Å²) in [5, 5.41) is 3.35. The van der Waals surface area contributed by atoms with E-state index in [0.717, 1.165) is 22.3 Å². The standard InChI is InChI=1S/C32H22Cl3OP/c33-25-13-7-15-28(20-25)37(36,29-16-8-14-26(34)21-29)32-22-27(35)17-18-30(32)31(24-11-5-2-6-12-24)19-23-9-3-1-4-10-23/h1-22H/b31-19+. The van der Waals surface area contributed by atoms with E-state index in [-0.39, 0.29) is 0 Å². The maximum atomic E-state index is 15.5. The molecule has 0 unspecified atom stereocenters. The van der Waals surface area contributed by atoms with Gasteiger partial charge in [-0.3, -0.25) is 0 Å². The first-order valence-corrected chi connectivity index (χ1v) is 14.5. The van der Waals surface area contributed by atoms with E-state index in [0.29, 0.717) is 31.0 Å². The van der Waals surface area contributed by atoms with Crippen molar-refractivity contribution in [2.45, 2.75) is 0 Å². The van der Waals surface area contributed by atoms with Gasteiger partial charge in [-0.2, -0.15) is 0 Å². The Morgan fingerprint density at radius 1 is 0.568 bits per heavy atom. The van der Waals surface area contributed by atoms with E-state index in [1.165, 1.54) is 0 Å². The summed E-state index contributed by atoms with van der Waals surface area (Å²) in [6.45, 7) is 0. The van der Waals surface area contributed by atoms with Gasteiger partial charge in [-0.15, -0.1) is 0 Å². The zero-order valence-electron chi connectivity index (χ0n) is 19.7. The zero-order chi connectivity index (χ0) is 25.8. The molecule has 0 atom stereocenters. The highest BCUT2D eigenvalue weighted by atomic mass is 35.5. The first kappa shape index (κ1) is 25.6.